The van der Waals surface area contributed by atoms with Crippen molar-refractivity contribution in [1.29, 1.82) is 0 Å². The third kappa shape index (κ3) is 4.69. The second kappa shape index (κ2) is 8.88. The maximum absolute atomic E-state index is 5.79. The third-order valence-corrected chi connectivity index (χ3v) is 4.21. The summed E-state index contributed by atoms with van der Waals surface area (Å²) in [6.45, 7) is 0.766. The maximum atomic E-state index is 5.79. The van der Waals surface area contributed by atoms with Gasteiger partial charge in [-0.05, 0) is 54.7 Å². The van der Waals surface area contributed by atoms with E-state index in [0.717, 1.165) is 31.6 Å². The van der Waals surface area contributed by atoms with Crippen LogP contribution < -0.4 is 4.74 Å². The molecule has 0 bridgehead atoms. The van der Waals surface area contributed by atoms with E-state index >= 15 is 0 Å². The van der Waals surface area contributed by atoms with Crippen molar-refractivity contribution >= 4 is 0 Å². The van der Waals surface area contributed by atoms with E-state index in [1.807, 2.05) is 42.7 Å². The number of nitrogens with zero attached hydrogens (tertiary/aromatic N) is 1. The standard InChI is InChI=1S/C22H23NO/c1-3-9-19(10-4-1)22(20-14-16-23-17-15-20)13-7-8-18-24-21-11-5-2-6-12-21/h1-6,9-12,14-17,22H,7-8,13,18H2/t22-/m1/s1. The Morgan fingerprint density at radius 1 is 0.708 bits per heavy atom. The van der Waals surface area contributed by atoms with Crippen molar-refractivity contribution in [1.82, 2.24) is 4.98 Å². The summed E-state index contributed by atoms with van der Waals surface area (Å²) in [6.07, 6.45) is 7.07. The van der Waals surface area contributed by atoms with Gasteiger partial charge in [0.1, 0.15) is 5.75 Å². The van der Waals surface area contributed by atoms with Crippen molar-refractivity contribution in [2.45, 2.75) is 25.2 Å². The van der Waals surface area contributed by atoms with E-state index in [-0.39, 0.29) is 0 Å². The largest absolute Gasteiger partial charge is 0.494 e. The maximum Gasteiger partial charge on any atom is 0.119 e. The monoisotopic (exact) mass is 317 g/mol. The molecule has 3 rings (SSSR count). The molecule has 0 fully saturated rings. The van der Waals surface area contributed by atoms with Gasteiger partial charge in [0.25, 0.3) is 0 Å². The van der Waals surface area contributed by atoms with Gasteiger partial charge >= 0.3 is 0 Å². The Balaban J connectivity index is 1.55. The molecule has 0 amide bonds. The quantitative estimate of drug-likeness (QED) is 0.514. The van der Waals surface area contributed by atoms with Crippen molar-refractivity contribution in [3.63, 3.8) is 0 Å². The number of unbranched alkanes of at least 4 members (excludes halogenated alkanes) is 1. The Bertz CT molecular complexity index is 658. The Morgan fingerprint density at radius 3 is 2.04 bits per heavy atom. The first-order valence-electron chi connectivity index (χ1n) is 8.56. The van der Waals surface area contributed by atoms with E-state index < -0.39 is 0 Å². The number of benzene rings is 2. The minimum absolute atomic E-state index is 0.422. The lowest BCUT2D eigenvalue weighted by Gasteiger charge is -2.18. The SMILES string of the molecule is c1ccc(OCCCC[C@H](c2ccccc2)c2ccncc2)cc1. The van der Waals surface area contributed by atoms with Gasteiger partial charge in [-0.3, -0.25) is 4.98 Å². The van der Waals surface area contributed by atoms with Crippen LogP contribution in [0.25, 0.3) is 0 Å². The number of pyridine rings is 1. The second-order valence-corrected chi connectivity index (χ2v) is 5.90. The highest BCUT2D eigenvalue weighted by Crippen LogP contribution is 2.29. The van der Waals surface area contributed by atoms with Gasteiger partial charge in [0.15, 0.2) is 0 Å². The molecule has 1 aromatic heterocycles. The van der Waals surface area contributed by atoms with Crippen molar-refractivity contribution < 1.29 is 4.74 Å². The Hall–Kier alpha value is -2.61. The zero-order valence-corrected chi connectivity index (χ0v) is 13.8. The zero-order valence-electron chi connectivity index (χ0n) is 13.8. The van der Waals surface area contributed by atoms with Gasteiger partial charge in [-0.2, -0.15) is 0 Å². The smallest absolute Gasteiger partial charge is 0.119 e. The van der Waals surface area contributed by atoms with E-state index in [4.69, 9.17) is 4.74 Å². The minimum atomic E-state index is 0.422. The van der Waals surface area contributed by atoms with E-state index in [1.54, 1.807) is 0 Å². The van der Waals surface area contributed by atoms with Crippen LogP contribution in [0, 0.1) is 0 Å². The molecule has 0 unspecified atom stereocenters. The molecule has 1 atom stereocenters. The minimum Gasteiger partial charge on any atom is -0.494 e. The first-order valence-corrected chi connectivity index (χ1v) is 8.56. The molecule has 0 aliphatic rings. The van der Waals surface area contributed by atoms with Crippen LogP contribution >= 0.6 is 0 Å². The number of hydrogen-bond acceptors (Lipinski definition) is 2. The fourth-order valence-corrected chi connectivity index (χ4v) is 2.96. The molecule has 1 heterocycles. The van der Waals surface area contributed by atoms with Crippen molar-refractivity contribution in [2.24, 2.45) is 0 Å². The summed E-state index contributed by atoms with van der Waals surface area (Å²) in [5.41, 5.74) is 2.70. The van der Waals surface area contributed by atoms with Crippen LogP contribution in [0.3, 0.4) is 0 Å². The highest BCUT2D eigenvalue weighted by Gasteiger charge is 2.13. The molecule has 2 aromatic carbocycles. The molecule has 122 valence electrons. The predicted molar refractivity (Wildman–Crippen MR) is 98.3 cm³/mol. The second-order valence-electron chi connectivity index (χ2n) is 5.90. The van der Waals surface area contributed by atoms with Crippen molar-refractivity contribution in [3.8, 4) is 5.75 Å². The van der Waals surface area contributed by atoms with Crippen LogP contribution in [-0.4, -0.2) is 11.6 Å². The molecule has 2 nitrogen and oxygen atoms in total. The third-order valence-electron chi connectivity index (χ3n) is 4.21. The number of hydrogen-bond donors (Lipinski definition) is 0. The molecule has 2 heteroatoms. The molecule has 0 N–H and O–H groups in total. The molecule has 0 saturated heterocycles. The number of para-hydroxylation sites is 1. The molecule has 0 saturated carbocycles. The zero-order chi connectivity index (χ0) is 16.5. The first kappa shape index (κ1) is 16.3. The van der Waals surface area contributed by atoms with Gasteiger partial charge in [0.05, 0.1) is 6.61 Å². The van der Waals surface area contributed by atoms with E-state index in [0.29, 0.717) is 5.92 Å². The highest BCUT2D eigenvalue weighted by atomic mass is 16.5. The Labute approximate surface area is 144 Å². The molecular weight excluding hydrogens is 294 g/mol. The molecule has 0 spiro atoms. The van der Waals surface area contributed by atoms with Crippen LogP contribution in [-0.2, 0) is 0 Å². The fourth-order valence-electron chi connectivity index (χ4n) is 2.96. The Morgan fingerprint density at radius 2 is 1.33 bits per heavy atom. The lowest BCUT2D eigenvalue weighted by molar-refractivity contribution is 0.304. The summed E-state index contributed by atoms with van der Waals surface area (Å²) in [7, 11) is 0. The lowest BCUT2D eigenvalue weighted by atomic mass is 9.87. The average Bonchev–Trinajstić information content (AvgIpc) is 2.67. The predicted octanol–water partition coefficient (Wildman–Crippen LogP) is 5.46. The van der Waals surface area contributed by atoms with Gasteiger partial charge in [-0.15, -0.1) is 0 Å². The van der Waals surface area contributed by atoms with Gasteiger partial charge < -0.3 is 4.74 Å². The summed E-state index contributed by atoms with van der Waals surface area (Å²) in [5.74, 6) is 1.37. The van der Waals surface area contributed by atoms with Crippen LogP contribution in [0.2, 0.25) is 0 Å². The summed E-state index contributed by atoms with van der Waals surface area (Å²) in [6, 6.07) is 25.0. The molecule has 3 aromatic rings. The summed E-state index contributed by atoms with van der Waals surface area (Å²) >= 11 is 0. The molecule has 0 aliphatic heterocycles. The number of ether oxygens (including phenoxy) is 1. The van der Waals surface area contributed by atoms with Crippen LogP contribution in [0.5, 0.6) is 5.75 Å². The number of aromatic nitrogens is 1. The van der Waals surface area contributed by atoms with Crippen molar-refractivity contribution in [3.05, 3.63) is 96.3 Å². The van der Waals surface area contributed by atoms with E-state index in [2.05, 4.69) is 47.4 Å². The van der Waals surface area contributed by atoms with Gasteiger partial charge in [0, 0.05) is 18.3 Å². The van der Waals surface area contributed by atoms with Gasteiger partial charge in [-0.1, -0.05) is 48.5 Å². The van der Waals surface area contributed by atoms with Gasteiger partial charge in [0.2, 0.25) is 0 Å². The van der Waals surface area contributed by atoms with Gasteiger partial charge in [-0.25, -0.2) is 0 Å². The average molecular weight is 317 g/mol. The number of rotatable bonds is 8. The molecule has 0 radical (unpaired) electrons. The van der Waals surface area contributed by atoms with Crippen LogP contribution in [0.4, 0.5) is 0 Å². The lowest BCUT2D eigenvalue weighted by Crippen LogP contribution is -2.03. The van der Waals surface area contributed by atoms with Crippen molar-refractivity contribution in [2.75, 3.05) is 6.61 Å². The Kier molecular flexibility index (Phi) is 6.01. The summed E-state index contributed by atoms with van der Waals surface area (Å²) in [4.78, 5) is 4.14. The summed E-state index contributed by atoms with van der Waals surface area (Å²) in [5, 5.41) is 0. The first-order chi connectivity index (χ1) is 11.9. The van der Waals surface area contributed by atoms with E-state index in [9.17, 15) is 0 Å². The van der Waals surface area contributed by atoms with Crippen LogP contribution in [0.15, 0.2) is 85.2 Å². The van der Waals surface area contributed by atoms with Crippen LogP contribution in [0.1, 0.15) is 36.3 Å². The molecule has 24 heavy (non-hydrogen) atoms. The summed E-state index contributed by atoms with van der Waals surface area (Å²) < 4.78 is 5.79. The normalized spacial score (nSPS) is 11.8. The molecular formula is C22H23NO. The topological polar surface area (TPSA) is 22.1 Å². The van der Waals surface area contributed by atoms with E-state index in [1.165, 1.54) is 11.1 Å². The fraction of sp³-hybridized carbons (Fsp3) is 0.227. The molecule has 0 aliphatic carbocycles. The highest BCUT2D eigenvalue weighted by molar-refractivity contribution is 5.31.